The van der Waals surface area contributed by atoms with Gasteiger partial charge in [0.1, 0.15) is 138 Å². The topological polar surface area (TPSA) is 55.4 Å². The van der Waals surface area contributed by atoms with Crippen molar-refractivity contribution < 1.29 is 147 Å². The van der Waals surface area contributed by atoms with E-state index in [1.165, 1.54) is 61.5 Å². The van der Waals surface area contributed by atoms with Crippen molar-refractivity contribution in [1.29, 1.82) is 0 Å². The van der Waals surface area contributed by atoms with Crippen LogP contribution in [0.4, 0.5) is 119 Å². The van der Waals surface area contributed by atoms with Gasteiger partial charge in [0.2, 0.25) is 0 Å². The Bertz CT molecular complexity index is 5690. The Balaban J connectivity index is 0.000000221. The van der Waals surface area contributed by atoms with Crippen LogP contribution in [0.15, 0.2) is 200 Å². The van der Waals surface area contributed by atoms with E-state index in [9.17, 15) is 119 Å². The number of aryl methyl sites for hydroxylation is 11. The summed E-state index contributed by atoms with van der Waals surface area (Å²) in [5, 5.41) is 0. The van der Waals surface area contributed by atoms with Crippen LogP contribution in [0.5, 0.6) is 34.5 Å². The zero-order valence-corrected chi connectivity index (χ0v) is 74.7. The van der Waals surface area contributed by atoms with Gasteiger partial charge in [0.25, 0.3) is 0 Å². The van der Waals surface area contributed by atoms with Gasteiger partial charge in [0.05, 0.1) is 5.56 Å². The lowest BCUT2D eigenvalue weighted by molar-refractivity contribution is -0.191. The molecule has 0 heterocycles. The molecule has 0 radical (unpaired) electrons. The average Bonchev–Trinajstić information content (AvgIpc) is 0.835. The summed E-state index contributed by atoms with van der Waals surface area (Å²) in [5.74, 6) is -21.2. The van der Waals surface area contributed by atoms with Crippen molar-refractivity contribution in [2.24, 2.45) is 0 Å². The third-order valence-corrected chi connectivity index (χ3v) is 20.5. The van der Waals surface area contributed by atoms with E-state index >= 15 is 0 Å². The largest absolute Gasteiger partial charge is 0.432 e. The molecule has 0 aromatic heterocycles. The van der Waals surface area contributed by atoms with E-state index < -0.39 is 175 Å². The fourth-order valence-corrected chi connectivity index (χ4v) is 12.8. The normalized spacial score (nSPS) is 11.6. The maximum absolute atomic E-state index is 14.1. The number of hydrogen-bond acceptors (Lipinski definition) is 6. The molecule has 135 heavy (non-hydrogen) atoms. The highest BCUT2D eigenvalue weighted by Gasteiger charge is 2.47. The summed E-state index contributed by atoms with van der Waals surface area (Å²) >= 11 is 0. The molecule has 12 rings (SSSR count). The smallest absolute Gasteiger partial charge is 0.429 e. The molecule has 6 nitrogen and oxygen atoms in total. The highest BCUT2D eigenvalue weighted by molar-refractivity contribution is 5.40. The molecule has 0 saturated heterocycles. The molecule has 12 aromatic carbocycles. The van der Waals surface area contributed by atoms with Gasteiger partial charge in [-0.1, -0.05) is 138 Å². The summed E-state index contributed by atoms with van der Waals surface area (Å²) < 4.78 is 402. The van der Waals surface area contributed by atoms with E-state index in [1.807, 2.05) is 27.7 Å². The Morgan fingerprint density at radius 1 is 0.170 bits per heavy atom. The SMILES string of the molecule is CCc1cc(F)c(C(F)(F)Oc2cc(F)c(CC)c(F)c2)c(F)c1.CCc1cc(F)c(C(F)(F)Oc2ccc(CC)c(F)c2)c(F)c1.CCc1ccc(OC(F)(F)c2c(F)cc(CC)cc2F)c(F)c1.CCc1ccc(OC(F)(F)c2c(F)cc(CC)cc2F)cc1.CCc1ccc(OC(F)(F)c2c(F)cc(CC)cc2F)cc1.CCc1ccc(OC(F)(F)c2ccc(CC)cc2F)cc1. The van der Waals surface area contributed by atoms with Crippen molar-refractivity contribution >= 4 is 0 Å². The number of halogens is 27. The first-order valence-electron chi connectivity index (χ1n) is 42.4. The van der Waals surface area contributed by atoms with Gasteiger partial charge in [0.15, 0.2) is 11.6 Å². The summed E-state index contributed by atoms with van der Waals surface area (Å²) in [5.41, 5.74) is -2.66. The lowest BCUT2D eigenvalue weighted by Gasteiger charge is -2.20. The van der Waals surface area contributed by atoms with Crippen LogP contribution in [0.3, 0.4) is 0 Å². The summed E-state index contributed by atoms with van der Waals surface area (Å²) in [7, 11) is 0. The van der Waals surface area contributed by atoms with E-state index in [-0.39, 0.29) is 58.8 Å². The Morgan fingerprint density at radius 3 is 0.644 bits per heavy atom. The van der Waals surface area contributed by atoms with Crippen molar-refractivity contribution in [1.82, 2.24) is 0 Å². The van der Waals surface area contributed by atoms with Crippen LogP contribution in [-0.2, 0) is 114 Å². The van der Waals surface area contributed by atoms with E-state index in [4.69, 9.17) is 0 Å². The molecule has 0 unspecified atom stereocenters. The predicted molar refractivity (Wildman–Crippen MR) is 456 cm³/mol. The molecule has 0 aliphatic carbocycles. The molecule has 0 N–H and O–H groups in total. The first-order valence-corrected chi connectivity index (χ1v) is 42.4. The van der Waals surface area contributed by atoms with Crippen LogP contribution in [0.2, 0.25) is 0 Å². The van der Waals surface area contributed by atoms with E-state index in [0.29, 0.717) is 78.5 Å². The third kappa shape index (κ3) is 29.5. The quantitative estimate of drug-likeness (QED) is 0.0418. The van der Waals surface area contributed by atoms with E-state index in [2.05, 4.69) is 28.4 Å². The molecule has 0 aliphatic rings. The molecule has 12 aromatic rings. The van der Waals surface area contributed by atoms with Crippen molar-refractivity contribution in [3.8, 4) is 34.5 Å². The molecule has 0 saturated carbocycles. The van der Waals surface area contributed by atoms with Crippen LogP contribution >= 0.6 is 0 Å². The molecular formula is C102H93F27O6. The van der Waals surface area contributed by atoms with Gasteiger partial charge in [-0.2, -0.15) is 52.7 Å². The van der Waals surface area contributed by atoms with Gasteiger partial charge in [-0.15, -0.1) is 0 Å². The van der Waals surface area contributed by atoms with Gasteiger partial charge in [-0.05, 0) is 266 Å². The van der Waals surface area contributed by atoms with Gasteiger partial charge in [-0.25, -0.2) is 65.9 Å². The summed E-state index contributed by atoms with van der Waals surface area (Å²) in [6, 6.07) is 38.1. The number of hydrogen-bond donors (Lipinski definition) is 0. The maximum atomic E-state index is 14.1. The fourth-order valence-electron chi connectivity index (χ4n) is 12.8. The Kier molecular flexibility index (Phi) is 39.1. The van der Waals surface area contributed by atoms with Crippen LogP contribution < -0.4 is 28.4 Å². The molecule has 0 spiro atoms. The number of rotatable bonds is 30. The van der Waals surface area contributed by atoms with Crippen molar-refractivity contribution in [2.75, 3.05) is 0 Å². The molecule has 33 heteroatoms. The standard InChI is InChI=1S/C17H14F6O.2C17H15F5O.2C17H16F4O.C17H17F3O/c1-3-9-5-14(20)16(15(21)6-9)17(22,23)24-10-7-12(18)11(4-2)13(19)8-10;1-3-10-7-14(19)16(15(20)8-10)17(21,22)23-12-6-5-11(4-2)13(18)9-12;1-3-10-5-6-15(12(18)7-10)23-17(21,22)16-13(19)8-11(4-2)9-14(16)20;2*1-3-11-5-7-13(8-6-11)22-17(20,21)16-14(18)9-12(4-2)10-15(16)19;1-3-12-5-8-14(9-6-12)21-17(19,20)15-10-7-13(4-2)11-16(15)18/h5-8H,3-4H2,1-2H3;2*5-9H,3-4H2,1-2H3;2*5-10H,3-4H2,1-2H3;5-11H,3-4H2,1-2H3. The summed E-state index contributed by atoms with van der Waals surface area (Å²) in [6.45, 7) is 20.8. The lowest BCUT2D eigenvalue weighted by Crippen LogP contribution is -2.26. The second kappa shape index (κ2) is 48.1. The molecular weight excluding hydrogens is 1830 g/mol. The molecule has 0 fully saturated rings. The number of ether oxygens (including phenoxy) is 6. The minimum absolute atomic E-state index is 0.01000. The molecule has 726 valence electrons. The van der Waals surface area contributed by atoms with Crippen molar-refractivity contribution in [3.05, 3.63) is 388 Å². The monoisotopic (exact) mass is 1930 g/mol. The second-order valence-corrected chi connectivity index (χ2v) is 29.8. The highest BCUT2D eigenvalue weighted by Crippen LogP contribution is 2.44. The number of benzene rings is 12. The van der Waals surface area contributed by atoms with Crippen LogP contribution in [0, 0.1) is 87.3 Å². The Morgan fingerprint density at radius 2 is 0.393 bits per heavy atom. The third-order valence-electron chi connectivity index (χ3n) is 20.5. The lowest BCUT2D eigenvalue weighted by atomic mass is 10.1. The van der Waals surface area contributed by atoms with Crippen LogP contribution in [-0.4, -0.2) is 0 Å². The first kappa shape index (κ1) is 110. The van der Waals surface area contributed by atoms with Crippen LogP contribution in [0.25, 0.3) is 0 Å². The minimum Gasteiger partial charge on any atom is -0.429 e. The first-order chi connectivity index (χ1) is 63.4. The minimum atomic E-state index is -4.44. The van der Waals surface area contributed by atoms with Gasteiger partial charge in [0, 0.05) is 23.8 Å². The molecule has 0 amide bonds. The van der Waals surface area contributed by atoms with E-state index in [1.54, 1.807) is 84.9 Å². The Labute approximate surface area is 762 Å². The van der Waals surface area contributed by atoms with Gasteiger partial charge in [-0.3, -0.25) is 0 Å². The summed E-state index contributed by atoms with van der Waals surface area (Å²) in [4.78, 5) is 0. The van der Waals surface area contributed by atoms with Crippen molar-refractivity contribution in [2.45, 2.75) is 197 Å². The van der Waals surface area contributed by atoms with Gasteiger partial charge < -0.3 is 28.4 Å². The van der Waals surface area contributed by atoms with E-state index in [0.717, 1.165) is 133 Å². The molecule has 0 atom stereocenters. The van der Waals surface area contributed by atoms with Crippen molar-refractivity contribution in [3.63, 3.8) is 0 Å². The second-order valence-electron chi connectivity index (χ2n) is 29.8. The predicted octanol–water partition coefficient (Wildman–Crippen LogP) is 31.7. The maximum Gasteiger partial charge on any atom is 0.432 e. The fraction of sp³-hybridized carbons (Fsp3) is 0.294. The zero-order chi connectivity index (χ0) is 101. The number of alkyl halides is 12. The summed E-state index contributed by atoms with van der Waals surface area (Å²) in [6.07, 6.45) is -19.6. The Hall–Kier alpha value is -12.5. The zero-order valence-electron chi connectivity index (χ0n) is 74.7. The van der Waals surface area contributed by atoms with Gasteiger partial charge >= 0.3 is 36.7 Å². The van der Waals surface area contributed by atoms with Crippen LogP contribution in [0.1, 0.15) is 183 Å². The molecule has 0 bridgehead atoms. The average molecular weight is 1930 g/mol. The molecule has 0 aliphatic heterocycles. The highest BCUT2D eigenvalue weighted by atomic mass is 19.3.